The molecule has 5 nitrogen and oxygen atoms in total. The zero-order valence-corrected chi connectivity index (χ0v) is 10.1. The third-order valence-corrected chi connectivity index (χ3v) is 2.42. The van der Waals surface area contributed by atoms with Crippen LogP contribution in [0.5, 0.6) is 0 Å². The van der Waals surface area contributed by atoms with Crippen molar-refractivity contribution in [2.75, 3.05) is 10.6 Å². The summed E-state index contributed by atoms with van der Waals surface area (Å²) in [7, 11) is 0. The topological polar surface area (TPSA) is 80.3 Å². The van der Waals surface area contributed by atoms with E-state index in [0.29, 0.717) is 12.2 Å². The van der Waals surface area contributed by atoms with Crippen molar-refractivity contribution in [3.8, 4) is 0 Å². The molecule has 0 aliphatic heterocycles. The molecule has 18 heavy (non-hydrogen) atoms. The molecule has 1 heterocycles. The van der Waals surface area contributed by atoms with Crippen LogP contribution in [0.15, 0.2) is 40.8 Å². The number of amides is 2. The van der Waals surface area contributed by atoms with E-state index in [4.69, 9.17) is 10.2 Å². The molecule has 0 unspecified atom stereocenters. The minimum atomic E-state index is -0.568. The number of carbonyl (C=O) groups is 1. The predicted octanol–water partition coefficient (Wildman–Crippen LogP) is 2.69. The number of furan rings is 1. The van der Waals surface area contributed by atoms with Gasteiger partial charge < -0.3 is 20.8 Å². The molecule has 2 amide bonds. The van der Waals surface area contributed by atoms with Crippen molar-refractivity contribution in [2.24, 2.45) is 5.73 Å². The molecular formula is C13H15N3O2. The Morgan fingerprint density at radius 2 is 1.83 bits per heavy atom. The number of nitrogens with two attached hydrogens (primary N) is 1. The molecule has 0 aliphatic rings. The van der Waals surface area contributed by atoms with Gasteiger partial charge in [0.25, 0.3) is 0 Å². The molecule has 1 aromatic carbocycles. The lowest BCUT2D eigenvalue weighted by atomic mass is 10.2. The van der Waals surface area contributed by atoms with Gasteiger partial charge in [0.15, 0.2) is 0 Å². The first-order valence-electron chi connectivity index (χ1n) is 5.59. The maximum atomic E-state index is 10.6. The van der Waals surface area contributed by atoms with Gasteiger partial charge in [0, 0.05) is 11.4 Å². The number of carbonyl (C=O) groups excluding carboxylic acids is 1. The maximum Gasteiger partial charge on any atom is 0.316 e. The Morgan fingerprint density at radius 1 is 1.17 bits per heavy atom. The lowest BCUT2D eigenvalue weighted by Crippen LogP contribution is -2.19. The molecule has 5 heteroatoms. The molecule has 0 saturated carbocycles. The van der Waals surface area contributed by atoms with Crippen LogP contribution in [0.1, 0.15) is 11.5 Å². The summed E-state index contributed by atoms with van der Waals surface area (Å²) in [5.74, 6) is 1.78. The first-order chi connectivity index (χ1) is 8.63. The van der Waals surface area contributed by atoms with Crippen molar-refractivity contribution in [2.45, 2.75) is 13.5 Å². The average Bonchev–Trinajstić information content (AvgIpc) is 2.74. The highest BCUT2D eigenvalue weighted by Crippen LogP contribution is 2.15. The largest absolute Gasteiger partial charge is 0.465 e. The zero-order valence-electron chi connectivity index (χ0n) is 10.1. The first kappa shape index (κ1) is 12.0. The molecule has 0 atom stereocenters. The van der Waals surface area contributed by atoms with Crippen LogP contribution in [0.25, 0.3) is 0 Å². The highest BCUT2D eigenvalue weighted by Gasteiger charge is 1.99. The average molecular weight is 245 g/mol. The molecule has 2 rings (SSSR count). The van der Waals surface area contributed by atoms with Crippen molar-refractivity contribution in [1.29, 1.82) is 0 Å². The molecule has 2 aromatic rings. The van der Waals surface area contributed by atoms with Gasteiger partial charge in [0.05, 0.1) is 6.54 Å². The van der Waals surface area contributed by atoms with Crippen molar-refractivity contribution < 1.29 is 9.21 Å². The van der Waals surface area contributed by atoms with Crippen LogP contribution in [-0.4, -0.2) is 6.03 Å². The van der Waals surface area contributed by atoms with Crippen LogP contribution in [0.3, 0.4) is 0 Å². The molecule has 4 N–H and O–H groups in total. The van der Waals surface area contributed by atoms with Crippen LogP contribution in [0, 0.1) is 6.92 Å². The number of benzene rings is 1. The number of rotatable bonds is 4. The fourth-order valence-electron chi connectivity index (χ4n) is 1.58. The van der Waals surface area contributed by atoms with Gasteiger partial charge >= 0.3 is 6.03 Å². The van der Waals surface area contributed by atoms with Gasteiger partial charge in [-0.1, -0.05) is 0 Å². The highest BCUT2D eigenvalue weighted by atomic mass is 16.3. The van der Waals surface area contributed by atoms with Crippen molar-refractivity contribution in [3.05, 3.63) is 47.9 Å². The predicted molar refractivity (Wildman–Crippen MR) is 70.4 cm³/mol. The SMILES string of the molecule is Cc1ccc(CNc2ccc(NC(N)=O)cc2)o1. The molecule has 0 saturated heterocycles. The van der Waals surface area contributed by atoms with Gasteiger partial charge in [0.2, 0.25) is 0 Å². The van der Waals surface area contributed by atoms with Crippen LogP contribution in [0.4, 0.5) is 16.2 Å². The number of hydrogen-bond acceptors (Lipinski definition) is 3. The van der Waals surface area contributed by atoms with E-state index in [1.54, 1.807) is 12.1 Å². The van der Waals surface area contributed by atoms with Crippen molar-refractivity contribution in [3.63, 3.8) is 0 Å². The summed E-state index contributed by atoms with van der Waals surface area (Å²) >= 11 is 0. The monoisotopic (exact) mass is 245 g/mol. The third kappa shape index (κ3) is 3.28. The second kappa shape index (κ2) is 5.27. The summed E-state index contributed by atoms with van der Waals surface area (Å²) in [6.07, 6.45) is 0. The Labute approximate surface area is 105 Å². The quantitative estimate of drug-likeness (QED) is 0.774. The fourth-order valence-corrected chi connectivity index (χ4v) is 1.58. The van der Waals surface area contributed by atoms with E-state index in [2.05, 4.69) is 10.6 Å². The van der Waals surface area contributed by atoms with E-state index in [1.165, 1.54) is 0 Å². The summed E-state index contributed by atoms with van der Waals surface area (Å²) < 4.78 is 5.45. The first-order valence-corrected chi connectivity index (χ1v) is 5.59. The van der Waals surface area contributed by atoms with E-state index in [0.717, 1.165) is 17.2 Å². The van der Waals surface area contributed by atoms with Gasteiger partial charge in [0.1, 0.15) is 11.5 Å². The third-order valence-electron chi connectivity index (χ3n) is 2.42. The summed E-state index contributed by atoms with van der Waals surface area (Å²) in [5, 5.41) is 5.72. The number of primary amides is 1. The number of aryl methyl sites for hydroxylation is 1. The van der Waals surface area contributed by atoms with Crippen LogP contribution in [0.2, 0.25) is 0 Å². The second-order valence-electron chi connectivity index (χ2n) is 3.93. The number of anilines is 2. The molecule has 0 bridgehead atoms. The standard InChI is InChI=1S/C13H15N3O2/c1-9-2-7-12(18-9)8-15-10-3-5-11(6-4-10)16-13(14)17/h2-7,15H,8H2,1H3,(H3,14,16,17). The number of urea groups is 1. The molecule has 0 fully saturated rings. The lowest BCUT2D eigenvalue weighted by Gasteiger charge is -2.06. The van der Waals surface area contributed by atoms with E-state index < -0.39 is 6.03 Å². The smallest absolute Gasteiger partial charge is 0.316 e. The Morgan fingerprint density at radius 3 is 2.39 bits per heavy atom. The zero-order chi connectivity index (χ0) is 13.0. The molecular weight excluding hydrogens is 230 g/mol. The van der Waals surface area contributed by atoms with E-state index in [1.807, 2.05) is 31.2 Å². The number of nitrogens with one attached hydrogen (secondary N) is 2. The second-order valence-corrected chi connectivity index (χ2v) is 3.93. The van der Waals surface area contributed by atoms with Gasteiger partial charge in [-0.2, -0.15) is 0 Å². The minimum Gasteiger partial charge on any atom is -0.465 e. The number of hydrogen-bond donors (Lipinski definition) is 3. The molecule has 1 aromatic heterocycles. The fraction of sp³-hybridized carbons (Fsp3) is 0.154. The summed E-state index contributed by atoms with van der Waals surface area (Å²) in [6, 6.07) is 10.6. The van der Waals surface area contributed by atoms with Crippen LogP contribution >= 0.6 is 0 Å². The maximum absolute atomic E-state index is 10.6. The van der Waals surface area contributed by atoms with Crippen molar-refractivity contribution in [1.82, 2.24) is 0 Å². The minimum absolute atomic E-state index is 0.568. The lowest BCUT2D eigenvalue weighted by molar-refractivity contribution is 0.259. The summed E-state index contributed by atoms with van der Waals surface area (Å²) in [5.41, 5.74) is 6.63. The molecule has 0 radical (unpaired) electrons. The van der Waals surface area contributed by atoms with E-state index in [9.17, 15) is 4.79 Å². The summed E-state index contributed by atoms with van der Waals surface area (Å²) in [6.45, 7) is 2.53. The van der Waals surface area contributed by atoms with E-state index in [-0.39, 0.29) is 0 Å². The normalized spacial score (nSPS) is 10.1. The van der Waals surface area contributed by atoms with Crippen LogP contribution < -0.4 is 16.4 Å². The summed E-state index contributed by atoms with van der Waals surface area (Å²) in [4.78, 5) is 10.6. The Hall–Kier alpha value is -2.43. The van der Waals surface area contributed by atoms with E-state index >= 15 is 0 Å². The highest BCUT2D eigenvalue weighted by molar-refractivity contribution is 5.87. The molecule has 0 spiro atoms. The Balaban J connectivity index is 1.92. The Kier molecular flexibility index (Phi) is 3.52. The van der Waals surface area contributed by atoms with Crippen LogP contribution in [-0.2, 0) is 6.54 Å². The van der Waals surface area contributed by atoms with Gasteiger partial charge in [-0.05, 0) is 43.3 Å². The van der Waals surface area contributed by atoms with Crippen molar-refractivity contribution >= 4 is 17.4 Å². The molecule has 0 aliphatic carbocycles. The van der Waals surface area contributed by atoms with Gasteiger partial charge in [-0.15, -0.1) is 0 Å². The van der Waals surface area contributed by atoms with Gasteiger partial charge in [-0.25, -0.2) is 4.79 Å². The van der Waals surface area contributed by atoms with Gasteiger partial charge in [-0.3, -0.25) is 0 Å². The Bertz CT molecular complexity index is 531. The molecule has 94 valence electrons.